The van der Waals surface area contributed by atoms with Crippen molar-refractivity contribution in [3.8, 4) is 11.6 Å². The summed E-state index contributed by atoms with van der Waals surface area (Å²) in [5.74, 6) is 1.64. The maximum atomic E-state index is 6.07. The standard InChI is InChI=1S/C17H25N3O/c1-12-8-7-9-14(10-12)21-16-15(11-18-17(3,4)5)13(2)19-20(16)6/h7-10,18H,11H2,1-6H3. The summed E-state index contributed by atoms with van der Waals surface area (Å²) in [4.78, 5) is 0. The normalized spacial score (nSPS) is 11.7. The molecule has 4 heteroatoms. The molecule has 0 bridgehead atoms. The summed E-state index contributed by atoms with van der Waals surface area (Å²) in [6, 6.07) is 8.06. The Morgan fingerprint density at radius 2 is 1.95 bits per heavy atom. The average molecular weight is 287 g/mol. The molecule has 0 aliphatic rings. The first-order valence-corrected chi connectivity index (χ1v) is 7.28. The number of benzene rings is 1. The highest BCUT2D eigenvalue weighted by molar-refractivity contribution is 5.37. The highest BCUT2D eigenvalue weighted by Crippen LogP contribution is 2.28. The van der Waals surface area contributed by atoms with Crippen molar-refractivity contribution in [2.24, 2.45) is 7.05 Å². The van der Waals surface area contributed by atoms with Crippen molar-refractivity contribution < 1.29 is 4.74 Å². The fourth-order valence-electron chi connectivity index (χ4n) is 2.16. The van der Waals surface area contributed by atoms with Gasteiger partial charge in [-0.3, -0.25) is 0 Å². The van der Waals surface area contributed by atoms with Crippen LogP contribution in [0.15, 0.2) is 24.3 Å². The molecule has 0 fully saturated rings. The summed E-state index contributed by atoms with van der Waals surface area (Å²) in [5, 5.41) is 7.98. The van der Waals surface area contributed by atoms with Crippen LogP contribution >= 0.6 is 0 Å². The summed E-state index contributed by atoms with van der Waals surface area (Å²) < 4.78 is 7.87. The predicted octanol–water partition coefficient (Wildman–Crippen LogP) is 3.72. The number of ether oxygens (including phenoxy) is 1. The van der Waals surface area contributed by atoms with Crippen molar-refractivity contribution in [2.75, 3.05) is 0 Å². The van der Waals surface area contributed by atoms with Gasteiger partial charge in [-0.15, -0.1) is 0 Å². The quantitative estimate of drug-likeness (QED) is 0.931. The fourth-order valence-corrected chi connectivity index (χ4v) is 2.16. The lowest BCUT2D eigenvalue weighted by atomic mass is 10.1. The molecule has 1 heterocycles. The minimum atomic E-state index is 0.0584. The van der Waals surface area contributed by atoms with Crippen LogP contribution in [0.2, 0.25) is 0 Å². The third-order valence-electron chi connectivity index (χ3n) is 3.29. The minimum absolute atomic E-state index is 0.0584. The Kier molecular flexibility index (Phi) is 4.37. The van der Waals surface area contributed by atoms with E-state index in [0.717, 1.165) is 29.4 Å². The Labute approximate surface area is 127 Å². The van der Waals surface area contributed by atoms with E-state index in [4.69, 9.17) is 4.74 Å². The molecule has 1 N–H and O–H groups in total. The van der Waals surface area contributed by atoms with Gasteiger partial charge in [-0.1, -0.05) is 12.1 Å². The fraction of sp³-hybridized carbons (Fsp3) is 0.471. The largest absolute Gasteiger partial charge is 0.439 e. The molecule has 114 valence electrons. The smallest absolute Gasteiger partial charge is 0.222 e. The molecular formula is C17H25N3O. The van der Waals surface area contributed by atoms with E-state index in [1.807, 2.05) is 32.2 Å². The van der Waals surface area contributed by atoms with Crippen molar-refractivity contribution in [3.63, 3.8) is 0 Å². The molecule has 0 radical (unpaired) electrons. The lowest BCUT2D eigenvalue weighted by Crippen LogP contribution is -2.35. The summed E-state index contributed by atoms with van der Waals surface area (Å²) in [6.45, 7) is 11.3. The van der Waals surface area contributed by atoms with Gasteiger partial charge in [0.25, 0.3) is 0 Å². The van der Waals surface area contributed by atoms with Gasteiger partial charge in [-0.25, -0.2) is 4.68 Å². The molecule has 0 saturated carbocycles. The molecule has 0 aliphatic heterocycles. The molecule has 1 aromatic heterocycles. The molecule has 0 spiro atoms. The number of aromatic nitrogens is 2. The van der Waals surface area contributed by atoms with E-state index in [2.05, 4.69) is 44.2 Å². The van der Waals surface area contributed by atoms with Crippen molar-refractivity contribution >= 4 is 0 Å². The van der Waals surface area contributed by atoms with Crippen LogP contribution in [0.1, 0.15) is 37.6 Å². The number of aryl methyl sites for hydroxylation is 3. The predicted molar refractivity (Wildman–Crippen MR) is 85.8 cm³/mol. The van der Waals surface area contributed by atoms with Crippen LogP contribution in [0.3, 0.4) is 0 Å². The summed E-state index contributed by atoms with van der Waals surface area (Å²) in [5.41, 5.74) is 3.34. The lowest BCUT2D eigenvalue weighted by molar-refractivity contribution is 0.401. The van der Waals surface area contributed by atoms with Crippen molar-refractivity contribution in [2.45, 2.75) is 46.7 Å². The van der Waals surface area contributed by atoms with Crippen molar-refractivity contribution in [1.82, 2.24) is 15.1 Å². The van der Waals surface area contributed by atoms with Crippen LogP contribution in [-0.4, -0.2) is 15.3 Å². The second-order valence-corrected chi connectivity index (χ2v) is 6.51. The first-order valence-electron chi connectivity index (χ1n) is 7.28. The van der Waals surface area contributed by atoms with Crippen molar-refractivity contribution in [3.05, 3.63) is 41.1 Å². The van der Waals surface area contributed by atoms with E-state index in [1.165, 1.54) is 5.56 Å². The molecule has 0 unspecified atom stereocenters. The minimum Gasteiger partial charge on any atom is -0.439 e. The van der Waals surface area contributed by atoms with Gasteiger partial charge < -0.3 is 10.1 Å². The number of nitrogens with zero attached hydrogens (tertiary/aromatic N) is 2. The van der Waals surface area contributed by atoms with Gasteiger partial charge in [0.15, 0.2) is 0 Å². The molecule has 0 aliphatic carbocycles. The Balaban J connectivity index is 2.26. The SMILES string of the molecule is Cc1cccc(Oc2c(CNC(C)(C)C)c(C)nn2C)c1. The van der Waals surface area contributed by atoms with Gasteiger partial charge in [0.1, 0.15) is 5.75 Å². The van der Waals surface area contributed by atoms with E-state index < -0.39 is 0 Å². The van der Waals surface area contributed by atoms with Gasteiger partial charge in [-0.2, -0.15) is 5.10 Å². The Hall–Kier alpha value is -1.81. The second kappa shape index (κ2) is 5.90. The van der Waals surface area contributed by atoms with E-state index in [9.17, 15) is 0 Å². The van der Waals surface area contributed by atoms with Gasteiger partial charge >= 0.3 is 0 Å². The molecule has 2 aromatic rings. The molecule has 21 heavy (non-hydrogen) atoms. The maximum absolute atomic E-state index is 6.07. The van der Waals surface area contributed by atoms with E-state index in [0.29, 0.717) is 0 Å². The van der Waals surface area contributed by atoms with Crippen LogP contribution in [0.25, 0.3) is 0 Å². The molecule has 1 aromatic carbocycles. The average Bonchev–Trinajstić information content (AvgIpc) is 2.61. The van der Waals surface area contributed by atoms with Crippen LogP contribution in [-0.2, 0) is 13.6 Å². The zero-order valence-corrected chi connectivity index (χ0v) is 13.8. The maximum Gasteiger partial charge on any atom is 0.222 e. The van der Waals surface area contributed by atoms with Crippen LogP contribution in [0.4, 0.5) is 0 Å². The van der Waals surface area contributed by atoms with Crippen molar-refractivity contribution in [1.29, 1.82) is 0 Å². The molecular weight excluding hydrogens is 262 g/mol. The van der Waals surface area contributed by atoms with Crippen LogP contribution in [0, 0.1) is 13.8 Å². The Bertz CT molecular complexity index is 623. The van der Waals surface area contributed by atoms with E-state index >= 15 is 0 Å². The molecule has 4 nitrogen and oxygen atoms in total. The zero-order valence-electron chi connectivity index (χ0n) is 13.8. The first kappa shape index (κ1) is 15.6. The van der Waals surface area contributed by atoms with Gasteiger partial charge in [0.2, 0.25) is 5.88 Å². The number of nitrogens with one attached hydrogen (secondary N) is 1. The zero-order chi connectivity index (χ0) is 15.6. The van der Waals surface area contributed by atoms with Gasteiger partial charge in [0, 0.05) is 19.1 Å². The van der Waals surface area contributed by atoms with Crippen LogP contribution < -0.4 is 10.1 Å². The summed E-state index contributed by atoms with van der Waals surface area (Å²) in [6.07, 6.45) is 0. The molecule has 2 rings (SSSR count). The monoisotopic (exact) mass is 287 g/mol. The number of hydrogen-bond acceptors (Lipinski definition) is 3. The molecule has 0 amide bonds. The second-order valence-electron chi connectivity index (χ2n) is 6.51. The van der Waals surface area contributed by atoms with E-state index in [-0.39, 0.29) is 5.54 Å². The lowest BCUT2D eigenvalue weighted by Gasteiger charge is -2.20. The summed E-state index contributed by atoms with van der Waals surface area (Å²) >= 11 is 0. The van der Waals surface area contributed by atoms with Gasteiger partial charge in [-0.05, 0) is 52.3 Å². The number of rotatable bonds is 4. The number of hydrogen-bond donors (Lipinski definition) is 1. The summed E-state index contributed by atoms with van der Waals surface area (Å²) in [7, 11) is 1.92. The first-order chi connectivity index (χ1) is 9.76. The topological polar surface area (TPSA) is 39.1 Å². The highest BCUT2D eigenvalue weighted by Gasteiger charge is 2.18. The highest BCUT2D eigenvalue weighted by atomic mass is 16.5. The van der Waals surface area contributed by atoms with E-state index in [1.54, 1.807) is 4.68 Å². The van der Waals surface area contributed by atoms with Gasteiger partial charge in [0.05, 0.1) is 11.3 Å². The third kappa shape index (κ3) is 4.08. The molecule has 0 atom stereocenters. The Morgan fingerprint density at radius 3 is 2.57 bits per heavy atom. The van der Waals surface area contributed by atoms with Crippen LogP contribution in [0.5, 0.6) is 11.6 Å². The molecule has 0 saturated heterocycles. The Morgan fingerprint density at radius 1 is 1.24 bits per heavy atom. The third-order valence-corrected chi connectivity index (χ3v) is 3.29.